The minimum absolute atomic E-state index is 0.193. The number of aromatic nitrogens is 4. The molecule has 9 heteroatoms. The van der Waals surface area contributed by atoms with Gasteiger partial charge in [-0.2, -0.15) is 0 Å². The van der Waals surface area contributed by atoms with Crippen LogP contribution in [0.4, 0.5) is 0 Å². The molecule has 9 nitrogen and oxygen atoms in total. The number of pyridine rings is 2. The fourth-order valence-corrected chi connectivity index (χ4v) is 3.59. The molecular formula is C20H22N6O3. The zero-order valence-corrected chi connectivity index (χ0v) is 16.4. The van der Waals surface area contributed by atoms with E-state index in [2.05, 4.69) is 14.9 Å². The Morgan fingerprint density at radius 3 is 2.48 bits per heavy atom. The summed E-state index contributed by atoms with van der Waals surface area (Å²) in [5.74, 6) is -0.193. The first-order chi connectivity index (χ1) is 14.0. The third kappa shape index (κ3) is 3.56. The van der Waals surface area contributed by atoms with E-state index in [1.54, 1.807) is 30.3 Å². The van der Waals surface area contributed by atoms with Crippen LogP contribution in [0.25, 0.3) is 11.0 Å². The molecule has 1 aliphatic heterocycles. The number of rotatable bonds is 3. The van der Waals surface area contributed by atoms with Gasteiger partial charge in [0.25, 0.3) is 11.5 Å². The molecule has 0 aliphatic carbocycles. The lowest BCUT2D eigenvalue weighted by Gasteiger charge is -2.34. The fraction of sp³-hybridized carbons (Fsp3) is 0.350. The van der Waals surface area contributed by atoms with E-state index in [9.17, 15) is 14.4 Å². The van der Waals surface area contributed by atoms with E-state index >= 15 is 0 Å². The summed E-state index contributed by atoms with van der Waals surface area (Å²) in [5, 5.41) is 0.312. The lowest BCUT2D eigenvalue weighted by atomic mass is 10.2. The van der Waals surface area contributed by atoms with Crippen molar-refractivity contribution in [1.29, 1.82) is 0 Å². The molecule has 0 atom stereocenters. The van der Waals surface area contributed by atoms with E-state index < -0.39 is 11.2 Å². The zero-order chi connectivity index (χ0) is 20.5. The van der Waals surface area contributed by atoms with E-state index in [1.807, 2.05) is 18.3 Å². The summed E-state index contributed by atoms with van der Waals surface area (Å²) in [6, 6.07) is 7.08. The summed E-state index contributed by atoms with van der Waals surface area (Å²) in [7, 11) is 2.97. The van der Waals surface area contributed by atoms with Gasteiger partial charge in [-0.3, -0.25) is 28.6 Å². The normalized spacial score (nSPS) is 15.0. The second-order valence-electron chi connectivity index (χ2n) is 7.20. The summed E-state index contributed by atoms with van der Waals surface area (Å²) < 4.78 is 2.33. The number of hydrogen-bond acceptors (Lipinski definition) is 6. The highest BCUT2D eigenvalue weighted by Gasteiger charge is 2.24. The van der Waals surface area contributed by atoms with Gasteiger partial charge in [0.15, 0.2) is 0 Å². The molecule has 0 aromatic carbocycles. The van der Waals surface area contributed by atoms with Gasteiger partial charge in [0.05, 0.1) is 5.39 Å². The second-order valence-corrected chi connectivity index (χ2v) is 7.20. The summed E-state index contributed by atoms with van der Waals surface area (Å²) in [4.78, 5) is 49.9. The summed E-state index contributed by atoms with van der Waals surface area (Å²) in [6.45, 7) is 3.50. The number of hydrogen-bond donors (Lipinski definition) is 0. The van der Waals surface area contributed by atoms with E-state index in [0.717, 1.165) is 29.8 Å². The average Bonchev–Trinajstić information content (AvgIpc) is 2.76. The Morgan fingerprint density at radius 1 is 1.03 bits per heavy atom. The van der Waals surface area contributed by atoms with Crippen molar-refractivity contribution in [2.45, 2.75) is 6.54 Å². The molecule has 4 rings (SSSR count). The van der Waals surface area contributed by atoms with Gasteiger partial charge in [0, 0.05) is 59.2 Å². The van der Waals surface area contributed by atoms with Crippen LogP contribution in [0.5, 0.6) is 0 Å². The maximum Gasteiger partial charge on any atom is 0.332 e. The molecule has 0 spiro atoms. The van der Waals surface area contributed by atoms with Crippen molar-refractivity contribution in [2.24, 2.45) is 14.1 Å². The van der Waals surface area contributed by atoms with Gasteiger partial charge in [-0.25, -0.2) is 9.78 Å². The first-order valence-corrected chi connectivity index (χ1v) is 9.43. The van der Waals surface area contributed by atoms with Crippen LogP contribution in [0.2, 0.25) is 0 Å². The first-order valence-electron chi connectivity index (χ1n) is 9.43. The van der Waals surface area contributed by atoms with Crippen LogP contribution in [-0.2, 0) is 20.6 Å². The second kappa shape index (κ2) is 7.59. The van der Waals surface area contributed by atoms with E-state index in [0.29, 0.717) is 18.5 Å². The van der Waals surface area contributed by atoms with Gasteiger partial charge in [0.1, 0.15) is 11.3 Å². The molecule has 0 radical (unpaired) electrons. The Balaban J connectivity index is 1.51. The van der Waals surface area contributed by atoms with Gasteiger partial charge in [-0.15, -0.1) is 0 Å². The molecule has 1 saturated heterocycles. The number of carbonyl (C=O) groups is 1. The Morgan fingerprint density at radius 2 is 1.79 bits per heavy atom. The monoisotopic (exact) mass is 394 g/mol. The van der Waals surface area contributed by atoms with Crippen LogP contribution in [0, 0.1) is 0 Å². The molecule has 1 aliphatic rings. The summed E-state index contributed by atoms with van der Waals surface area (Å²) >= 11 is 0. The molecule has 1 amide bonds. The van der Waals surface area contributed by atoms with Crippen molar-refractivity contribution >= 4 is 16.9 Å². The van der Waals surface area contributed by atoms with Gasteiger partial charge < -0.3 is 4.90 Å². The third-order valence-corrected chi connectivity index (χ3v) is 5.31. The zero-order valence-electron chi connectivity index (χ0n) is 16.4. The minimum Gasteiger partial charge on any atom is -0.335 e. The number of piperazine rings is 1. The third-order valence-electron chi connectivity index (χ3n) is 5.31. The summed E-state index contributed by atoms with van der Waals surface area (Å²) in [5.41, 5.74) is 0.717. The molecular weight excluding hydrogens is 372 g/mol. The predicted molar refractivity (Wildman–Crippen MR) is 108 cm³/mol. The van der Waals surface area contributed by atoms with Crippen LogP contribution in [0.1, 0.15) is 16.1 Å². The van der Waals surface area contributed by atoms with Crippen molar-refractivity contribution in [3.05, 3.63) is 68.8 Å². The molecule has 0 N–H and O–H groups in total. The molecule has 29 heavy (non-hydrogen) atoms. The highest BCUT2D eigenvalue weighted by atomic mass is 16.2. The molecule has 0 bridgehead atoms. The Kier molecular flexibility index (Phi) is 4.98. The molecule has 0 unspecified atom stereocenters. The van der Waals surface area contributed by atoms with Gasteiger partial charge in [-0.1, -0.05) is 6.07 Å². The van der Waals surface area contributed by atoms with E-state index in [-0.39, 0.29) is 17.2 Å². The number of fused-ring (bicyclic) bond motifs is 1. The van der Waals surface area contributed by atoms with Crippen molar-refractivity contribution in [1.82, 2.24) is 28.9 Å². The van der Waals surface area contributed by atoms with E-state index in [1.165, 1.54) is 11.6 Å². The van der Waals surface area contributed by atoms with Crippen molar-refractivity contribution in [2.75, 3.05) is 26.2 Å². The number of amides is 1. The van der Waals surface area contributed by atoms with Gasteiger partial charge >= 0.3 is 5.69 Å². The minimum atomic E-state index is -0.469. The molecule has 3 aromatic rings. The number of aryl methyl sites for hydroxylation is 1. The lowest BCUT2D eigenvalue weighted by Crippen LogP contribution is -2.48. The average molecular weight is 394 g/mol. The van der Waals surface area contributed by atoms with Gasteiger partial charge in [0.2, 0.25) is 0 Å². The smallest absolute Gasteiger partial charge is 0.332 e. The van der Waals surface area contributed by atoms with Crippen LogP contribution >= 0.6 is 0 Å². The standard InChI is InChI=1S/C20H22N6O3/c1-23-17-15(18(27)24(2)20(23)29)5-6-16(22-17)19(28)26-10-8-25(9-11-26)13-14-4-3-7-21-12-14/h3-7,12H,8-11,13H2,1-2H3. The highest BCUT2D eigenvalue weighted by Crippen LogP contribution is 2.12. The van der Waals surface area contributed by atoms with Crippen molar-refractivity contribution in [3.63, 3.8) is 0 Å². The number of nitrogens with zero attached hydrogens (tertiary/aromatic N) is 6. The Bertz CT molecular complexity index is 1180. The molecule has 0 saturated carbocycles. The largest absolute Gasteiger partial charge is 0.335 e. The lowest BCUT2D eigenvalue weighted by molar-refractivity contribution is 0.0623. The predicted octanol–water partition coefficient (Wildman–Crippen LogP) is -0.0148. The molecule has 1 fully saturated rings. The maximum absolute atomic E-state index is 12.9. The van der Waals surface area contributed by atoms with Crippen LogP contribution in [0.15, 0.2) is 46.2 Å². The van der Waals surface area contributed by atoms with Crippen LogP contribution in [-0.4, -0.2) is 61.0 Å². The van der Waals surface area contributed by atoms with Crippen molar-refractivity contribution < 1.29 is 4.79 Å². The van der Waals surface area contributed by atoms with Gasteiger partial charge in [-0.05, 0) is 23.8 Å². The molecule has 3 aromatic heterocycles. The maximum atomic E-state index is 12.9. The fourth-order valence-electron chi connectivity index (χ4n) is 3.59. The SMILES string of the molecule is Cn1c(=O)c2ccc(C(=O)N3CCN(Cc4cccnc4)CC3)nc2n(C)c1=O. The van der Waals surface area contributed by atoms with Crippen molar-refractivity contribution in [3.8, 4) is 0 Å². The highest BCUT2D eigenvalue weighted by molar-refractivity contribution is 5.94. The number of carbonyl (C=O) groups excluding carboxylic acids is 1. The Hall–Kier alpha value is -3.33. The summed E-state index contributed by atoms with van der Waals surface area (Å²) in [6.07, 6.45) is 3.60. The quantitative estimate of drug-likeness (QED) is 0.620. The molecule has 4 heterocycles. The topological polar surface area (TPSA) is 93.3 Å². The molecule has 150 valence electrons. The first kappa shape index (κ1) is 19.0. The van der Waals surface area contributed by atoms with E-state index in [4.69, 9.17) is 0 Å². The van der Waals surface area contributed by atoms with Crippen LogP contribution in [0.3, 0.4) is 0 Å². The van der Waals surface area contributed by atoms with Crippen LogP contribution < -0.4 is 11.2 Å². The Labute approximate surface area is 166 Å².